The van der Waals surface area contributed by atoms with Crippen molar-refractivity contribution < 1.29 is 26.7 Å². The number of halogens is 4. The lowest BCUT2D eigenvalue weighted by molar-refractivity contribution is -0.275. The first-order valence-electron chi connectivity index (χ1n) is 11.4. The smallest absolute Gasteiger partial charge is 0.472 e. The number of furan rings is 1. The minimum atomic E-state index is -4.94. The van der Waals surface area contributed by atoms with Crippen molar-refractivity contribution in [3.63, 3.8) is 0 Å². The number of nitrogens with zero attached hydrogens (tertiary/aromatic N) is 2. The number of ether oxygens (including phenoxy) is 1. The highest BCUT2D eigenvalue weighted by atomic mass is 32.1. The lowest BCUT2D eigenvalue weighted by Gasteiger charge is -2.11. The molecule has 190 valence electrons. The Balaban J connectivity index is 1.21. The molecule has 5 aromatic rings. The number of alkyl halides is 3. The number of hydrogen-bond acceptors (Lipinski definition) is 6. The van der Waals surface area contributed by atoms with Gasteiger partial charge in [0.15, 0.2) is 17.4 Å². The molecular weight excluding hydrogens is 506 g/mol. The van der Waals surface area contributed by atoms with E-state index in [1.54, 1.807) is 23.9 Å². The van der Waals surface area contributed by atoms with Gasteiger partial charge in [-0.3, -0.25) is 0 Å². The van der Waals surface area contributed by atoms with E-state index in [1.807, 2.05) is 37.3 Å². The molecule has 10 heteroatoms. The third kappa shape index (κ3) is 5.91. The highest BCUT2D eigenvalue weighted by molar-refractivity contribution is 7.18. The standard InChI is InChI=1S/C27H21F4N3O2S/c1-16-13-21-25(33-24(34-26(21)37-16)20-10-12-35-15-20)32-11-2-3-17-4-6-18(7-5-17)19-8-9-23(22(28)14-19)36-27(29,30)31/h4-10,12-15H,2-3,11H2,1H3,(H,32,33,34). The van der Waals surface area contributed by atoms with Gasteiger partial charge in [0.2, 0.25) is 0 Å². The summed E-state index contributed by atoms with van der Waals surface area (Å²) < 4.78 is 60.0. The summed E-state index contributed by atoms with van der Waals surface area (Å²) in [7, 11) is 0. The van der Waals surface area contributed by atoms with Gasteiger partial charge in [0.05, 0.1) is 17.2 Å². The number of anilines is 1. The van der Waals surface area contributed by atoms with Crippen molar-refractivity contribution >= 4 is 27.4 Å². The van der Waals surface area contributed by atoms with Crippen LogP contribution in [-0.4, -0.2) is 22.9 Å². The zero-order valence-electron chi connectivity index (χ0n) is 19.6. The number of fused-ring (bicyclic) bond motifs is 1. The number of thiophene rings is 1. The lowest BCUT2D eigenvalue weighted by atomic mass is 10.0. The van der Waals surface area contributed by atoms with E-state index in [1.165, 1.54) is 6.07 Å². The molecule has 0 fully saturated rings. The summed E-state index contributed by atoms with van der Waals surface area (Å²) in [6.45, 7) is 2.73. The van der Waals surface area contributed by atoms with Gasteiger partial charge in [-0.1, -0.05) is 30.3 Å². The third-order valence-corrected chi connectivity index (χ3v) is 6.62. The molecule has 0 radical (unpaired) electrons. The molecule has 0 bridgehead atoms. The zero-order valence-corrected chi connectivity index (χ0v) is 20.4. The molecule has 37 heavy (non-hydrogen) atoms. The Bertz CT molecular complexity index is 1510. The summed E-state index contributed by atoms with van der Waals surface area (Å²) in [5.41, 5.74) is 3.06. The summed E-state index contributed by atoms with van der Waals surface area (Å²) >= 11 is 1.62. The van der Waals surface area contributed by atoms with Gasteiger partial charge in [-0.15, -0.1) is 24.5 Å². The van der Waals surface area contributed by atoms with Gasteiger partial charge >= 0.3 is 6.36 Å². The molecular formula is C27H21F4N3O2S. The third-order valence-electron chi connectivity index (χ3n) is 5.67. The quantitative estimate of drug-likeness (QED) is 0.164. The van der Waals surface area contributed by atoms with Crippen LogP contribution in [0, 0.1) is 12.7 Å². The summed E-state index contributed by atoms with van der Waals surface area (Å²) in [5, 5.41) is 4.41. The second kappa shape index (κ2) is 10.2. The number of nitrogens with one attached hydrogen (secondary N) is 1. The second-order valence-corrected chi connectivity index (χ2v) is 9.64. The van der Waals surface area contributed by atoms with Crippen molar-refractivity contribution in [1.29, 1.82) is 0 Å². The number of aryl methyl sites for hydroxylation is 2. The first kappa shape index (κ1) is 24.8. The van der Waals surface area contributed by atoms with Crippen molar-refractivity contribution in [3.05, 3.63) is 83.4 Å². The maximum atomic E-state index is 14.0. The molecule has 0 unspecified atom stereocenters. The average molecular weight is 528 g/mol. The van der Waals surface area contributed by atoms with Crippen LogP contribution < -0.4 is 10.1 Å². The monoisotopic (exact) mass is 527 g/mol. The lowest BCUT2D eigenvalue weighted by Crippen LogP contribution is -2.17. The van der Waals surface area contributed by atoms with Crippen molar-refractivity contribution in [2.24, 2.45) is 0 Å². The molecule has 0 aliphatic rings. The van der Waals surface area contributed by atoms with Crippen LogP contribution in [0.4, 0.5) is 23.4 Å². The first-order chi connectivity index (χ1) is 17.7. The fourth-order valence-corrected chi connectivity index (χ4v) is 4.83. The SMILES string of the molecule is Cc1cc2c(NCCCc3ccc(-c4ccc(OC(F)(F)F)c(F)c4)cc3)nc(-c3ccoc3)nc2s1. The van der Waals surface area contributed by atoms with Crippen LogP contribution >= 0.6 is 11.3 Å². The fourth-order valence-electron chi connectivity index (χ4n) is 3.95. The molecule has 2 aromatic carbocycles. The average Bonchev–Trinajstić information content (AvgIpc) is 3.52. The largest absolute Gasteiger partial charge is 0.573 e. The summed E-state index contributed by atoms with van der Waals surface area (Å²) in [5.74, 6) is -0.534. The summed E-state index contributed by atoms with van der Waals surface area (Å²) in [4.78, 5) is 11.4. The van der Waals surface area contributed by atoms with Gasteiger partial charge < -0.3 is 14.5 Å². The van der Waals surface area contributed by atoms with Gasteiger partial charge in [0.25, 0.3) is 0 Å². The van der Waals surface area contributed by atoms with Gasteiger partial charge in [-0.2, -0.15) is 0 Å². The molecule has 0 aliphatic heterocycles. The Labute approximate surface area is 213 Å². The van der Waals surface area contributed by atoms with Crippen molar-refractivity contribution in [3.8, 4) is 28.3 Å². The van der Waals surface area contributed by atoms with Crippen LogP contribution in [0.3, 0.4) is 0 Å². The van der Waals surface area contributed by atoms with Gasteiger partial charge in [0.1, 0.15) is 16.9 Å². The minimum absolute atomic E-state index is 0.465. The fraction of sp³-hybridized carbons (Fsp3) is 0.185. The van der Waals surface area contributed by atoms with Gasteiger partial charge in [0, 0.05) is 11.4 Å². The molecule has 3 heterocycles. The van der Waals surface area contributed by atoms with E-state index >= 15 is 0 Å². The van der Waals surface area contributed by atoms with E-state index in [4.69, 9.17) is 9.40 Å². The Kier molecular flexibility index (Phi) is 6.84. The van der Waals surface area contributed by atoms with Gasteiger partial charge in [-0.25, -0.2) is 14.4 Å². The Morgan fingerprint density at radius 1 is 0.973 bits per heavy atom. The molecule has 3 aromatic heterocycles. The Morgan fingerprint density at radius 3 is 2.46 bits per heavy atom. The van der Waals surface area contributed by atoms with Crippen LogP contribution in [0.5, 0.6) is 5.75 Å². The van der Waals surface area contributed by atoms with Crippen LogP contribution in [0.15, 0.2) is 71.5 Å². The number of hydrogen-bond donors (Lipinski definition) is 1. The highest BCUT2D eigenvalue weighted by Crippen LogP contribution is 2.32. The zero-order chi connectivity index (χ0) is 26.0. The molecule has 0 aliphatic carbocycles. The highest BCUT2D eigenvalue weighted by Gasteiger charge is 2.32. The Hall–Kier alpha value is -3.92. The van der Waals surface area contributed by atoms with Crippen molar-refractivity contribution in [2.45, 2.75) is 26.1 Å². The second-order valence-electron chi connectivity index (χ2n) is 8.40. The van der Waals surface area contributed by atoms with Crippen LogP contribution in [0.25, 0.3) is 32.7 Å². The molecule has 0 saturated carbocycles. The predicted octanol–water partition coefficient (Wildman–Crippen LogP) is 8.01. The molecule has 0 atom stereocenters. The molecule has 0 amide bonds. The van der Waals surface area contributed by atoms with Crippen LogP contribution in [0.2, 0.25) is 0 Å². The van der Waals surface area contributed by atoms with E-state index in [9.17, 15) is 17.6 Å². The summed E-state index contributed by atoms with van der Waals surface area (Å²) in [6, 6.07) is 14.8. The summed E-state index contributed by atoms with van der Waals surface area (Å²) in [6.07, 6.45) is -0.0926. The molecule has 5 rings (SSSR count). The van der Waals surface area contributed by atoms with E-state index in [0.717, 1.165) is 57.0 Å². The number of rotatable bonds is 8. The Morgan fingerprint density at radius 2 is 1.76 bits per heavy atom. The van der Waals surface area contributed by atoms with Crippen molar-refractivity contribution in [2.75, 3.05) is 11.9 Å². The molecule has 0 spiro atoms. The number of benzene rings is 2. The van der Waals surface area contributed by atoms with E-state index < -0.39 is 17.9 Å². The molecule has 1 N–H and O–H groups in total. The number of aromatic nitrogens is 2. The molecule has 0 saturated heterocycles. The minimum Gasteiger partial charge on any atom is -0.472 e. The topological polar surface area (TPSA) is 60.2 Å². The van der Waals surface area contributed by atoms with E-state index in [0.29, 0.717) is 23.5 Å². The van der Waals surface area contributed by atoms with E-state index in [-0.39, 0.29) is 0 Å². The normalized spacial score (nSPS) is 11.7. The predicted molar refractivity (Wildman–Crippen MR) is 135 cm³/mol. The van der Waals surface area contributed by atoms with Crippen molar-refractivity contribution in [1.82, 2.24) is 9.97 Å². The van der Waals surface area contributed by atoms with Crippen LogP contribution in [0.1, 0.15) is 16.9 Å². The first-order valence-corrected chi connectivity index (χ1v) is 12.3. The molecule has 5 nitrogen and oxygen atoms in total. The van der Waals surface area contributed by atoms with Crippen LogP contribution in [-0.2, 0) is 6.42 Å². The van der Waals surface area contributed by atoms with E-state index in [2.05, 4.69) is 21.1 Å². The van der Waals surface area contributed by atoms with Gasteiger partial charge in [-0.05, 0) is 60.7 Å². The maximum Gasteiger partial charge on any atom is 0.573 e. The maximum absolute atomic E-state index is 14.0.